The molecule has 28 heavy (non-hydrogen) atoms. The number of carbonyl (C=O) groups excluding carboxylic acids is 2. The average Bonchev–Trinajstić information content (AvgIpc) is 3.03. The summed E-state index contributed by atoms with van der Waals surface area (Å²) in [6.45, 7) is 10.8. The summed E-state index contributed by atoms with van der Waals surface area (Å²) in [6, 6.07) is 0.425. The van der Waals surface area contributed by atoms with Crippen LogP contribution in [0.2, 0.25) is 0 Å². The van der Waals surface area contributed by atoms with Gasteiger partial charge in [-0.15, -0.1) is 0 Å². The molecule has 0 N–H and O–H groups in total. The largest absolute Gasteiger partial charge is 0.343 e. The molecule has 0 bridgehead atoms. The minimum absolute atomic E-state index is 0.181. The fraction of sp³-hybridized carbons (Fsp3) is 0.917. The van der Waals surface area contributed by atoms with E-state index in [9.17, 15) is 9.59 Å². The zero-order valence-corrected chi connectivity index (χ0v) is 18.7. The molecule has 4 heteroatoms. The van der Waals surface area contributed by atoms with Crippen molar-refractivity contribution < 1.29 is 9.59 Å². The van der Waals surface area contributed by atoms with Gasteiger partial charge < -0.3 is 9.80 Å². The van der Waals surface area contributed by atoms with Crippen LogP contribution in [-0.2, 0) is 9.59 Å². The molecular weight excluding hydrogens is 348 g/mol. The molecule has 4 nitrogen and oxygen atoms in total. The molecule has 0 spiro atoms. The number of hydrogen-bond acceptors (Lipinski definition) is 2. The first-order valence-corrected chi connectivity index (χ1v) is 11.8. The third-order valence-electron chi connectivity index (χ3n) is 9.93. The van der Waals surface area contributed by atoms with Crippen LogP contribution in [0.5, 0.6) is 0 Å². The van der Waals surface area contributed by atoms with Crippen molar-refractivity contribution >= 4 is 11.8 Å². The highest BCUT2D eigenvalue weighted by atomic mass is 16.2. The molecule has 2 amide bonds. The third kappa shape index (κ3) is 2.69. The first-order valence-electron chi connectivity index (χ1n) is 11.8. The van der Waals surface area contributed by atoms with Gasteiger partial charge in [0.1, 0.15) is 0 Å². The van der Waals surface area contributed by atoms with Crippen LogP contribution in [0.3, 0.4) is 0 Å². The number of hydrogen-bond donors (Lipinski definition) is 0. The molecule has 0 aromatic heterocycles. The number of piperidine rings is 1. The average molecular weight is 389 g/mol. The molecule has 0 aromatic carbocycles. The lowest BCUT2D eigenvalue weighted by Crippen LogP contribution is -2.61. The molecular formula is C24H40N2O2. The monoisotopic (exact) mass is 388 g/mol. The van der Waals surface area contributed by atoms with Crippen LogP contribution in [-0.4, -0.2) is 47.8 Å². The number of amides is 2. The van der Waals surface area contributed by atoms with E-state index in [4.69, 9.17) is 0 Å². The Labute approximate surface area is 171 Å². The van der Waals surface area contributed by atoms with E-state index in [2.05, 4.69) is 37.5 Å². The van der Waals surface area contributed by atoms with Gasteiger partial charge in [0.2, 0.25) is 11.8 Å². The Morgan fingerprint density at radius 3 is 2.36 bits per heavy atom. The second kappa shape index (κ2) is 7.02. The Morgan fingerprint density at radius 2 is 1.68 bits per heavy atom. The van der Waals surface area contributed by atoms with Gasteiger partial charge in [-0.3, -0.25) is 9.59 Å². The van der Waals surface area contributed by atoms with Gasteiger partial charge in [0.05, 0.1) is 0 Å². The maximum atomic E-state index is 13.3. The van der Waals surface area contributed by atoms with Crippen molar-refractivity contribution in [2.75, 3.05) is 20.1 Å². The highest BCUT2D eigenvalue weighted by molar-refractivity contribution is 5.80. The highest BCUT2D eigenvalue weighted by Crippen LogP contribution is 2.66. The van der Waals surface area contributed by atoms with Crippen LogP contribution in [0.1, 0.15) is 79.1 Å². The SMILES string of the molecule is CCN(CC)C(=O)[C@H]1CCC2C3CC[C@H]4N(C)C(=O)CC[C@]4(C)C3CC[C@@]21C. The van der Waals surface area contributed by atoms with Crippen LogP contribution < -0.4 is 0 Å². The van der Waals surface area contributed by atoms with Crippen LogP contribution in [0, 0.1) is 34.5 Å². The fourth-order valence-corrected chi connectivity index (χ4v) is 8.31. The molecule has 158 valence electrons. The molecule has 1 aliphatic heterocycles. The molecule has 3 unspecified atom stereocenters. The van der Waals surface area contributed by atoms with Crippen molar-refractivity contribution in [2.45, 2.75) is 85.1 Å². The zero-order chi connectivity index (χ0) is 20.3. The van der Waals surface area contributed by atoms with Crippen LogP contribution in [0.25, 0.3) is 0 Å². The second-order valence-corrected chi connectivity index (χ2v) is 10.7. The van der Waals surface area contributed by atoms with E-state index in [1.807, 2.05) is 7.05 Å². The summed E-state index contributed by atoms with van der Waals surface area (Å²) in [6.07, 6.45) is 8.93. The van der Waals surface area contributed by atoms with Gasteiger partial charge in [0.25, 0.3) is 0 Å². The second-order valence-electron chi connectivity index (χ2n) is 10.7. The van der Waals surface area contributed by atoms with E-state index in [0.717, 1.165) is 50.6 Å². The maximum absolute atomic E-state index is 13.3. The Bertz CT molecular complexity index is 645. The predicted octanol–water partition coefficient (Wildman–Crippen LogP) is 4.33. The summed E-state index contributed by atoms with van der Waals surface area (Å²) in [5.74, 6) is 3.14. The molecule has 1 heterocycles. The quantitative estimate of drug-likeness (QED) is 0.722. The van der Waals surface area contributed by atoms with E-state index in [1.165, 1.54) is 25.7 Å². The first kappa shape index (κ1) is 20.2. The summed E-state index contributed by atoms with van der Waals surface area (Å²) in [5, 5.41) is 0. The molecule has 4 rings (SSSR count). The zero-order valence-electron chi connectivity index (χ0n) is 18.7. The van der Waals surface area contributed by atoms with E-state index in [-0.39, 0.29) is 16.7 Å². The Morgan fingerprint density at radius 1 is 1.00 bits per heavy atom. The van der Waals surface area contributed by atoms with Crippen molar-refractivity contribution in [1.29, 1.82) is 0 Å². The summed E-state index contributed by atoms with van der Waals surface area (Å²) < 4.78 is 0. The van der Waals surface area contributed by atoms with Gasteiger partial charge >= 0.3 is 0 Å². The number of carbonyl (C=O) groups is 2. The smallest absolute Gasteiger partial charge is 0.226 e. The minimum atomic E-state index is 0.181. The van der Waals surface area contributed by atoms with Crippen molar-refractivity contribution in [3.05, 3.63) is 0 Å². The number of likely N-dealkylation sites (tertiary alicyclic amines) is 1. The Kier molecular flexibility index (Phi) is 5.07. The molecule has 4 fully saturated rings. The fourth-order valence-electron chi connectivity index (χ4n) is 8.31. The molecule has 3 aliphatic carbocycles. The molecule has 0 radical (unpaired) electrons. The Hall–Kier alpha value is -1.06. The van der Waals surface area contributed by atoms with Crippen molar-refractivity contribution in [3.8, 4) is 0 Å². The van der Waals surface area contributed by atoms with Crippen molar-refractivity contribution in [3.63, 3.8) is 0 Å². The normalized spacial score (nSPS) is 45.2. The van der Waals surface area contributed by atoms with Gasteiger partial charge in [0, 0.05) is 38.5 Å². The lowest BCUT2D eigenvalue weighted by Gasteiger charge is -2.61. The minimum Gasteiger partial charge on any atom is -0.343 e. The maximum Gasteiger partial charge on any atom is 0.226 e. The number of nitrogens with zero attached hydrogens (tertiary/aromatic N) is 2. The summed E-state index contributed by atoms with van der Waals surface area (Å²) in [4.78, 5) is 29.7. The lowest BCUT2D eigenvalue weighted by atomic mass is 9.47. The van der Waals surface area contributed by atoms with Crippen molar-refractivity contribution in [1.82, 2.24) is 9.80 Å². The summed E-state index contributed by atoms with van der Waals surface area (Å²) in [5.41, 5.74) is 0.453. The van der Waals surface area contributed by atoms with Crippen LogP contribution in [0.4, 0.5) is 0 Å². The molecule has 1 saturated heterocycles. The van der Waals surface area contributed by atoms with Gasteiger partial charge in [0.15, 0.2) is 0 Å². The summed E-state index contributed by atoms with van der Waals surface area (Å²) >= 11 is 0. The van der Waals surface area contributed by atoms with Crippen LogP contribution >= 0.6 is 0 Å². The molecule has 3 saturated carbocycles. The molecule has 4 aliphatic rings. The van der Waals surface area contributed by atoms with Gasteiger partial charge in [-0.2, -0.15) is 0 Å². The van der Waals surface area contributed by atoms with E-state index < -0.39 is 0 Å². The van der Waals surface area contributed by atoms with E-state index >= 15 is 0 Å². The topological polar surface area (TPSA) is 40.6 Å². The predicted molar refractivity (Wildman–Crippen MR) is 112 cm³/mol. The standard InChI is InChI=1S/C24H40N2O2/c1-6-26(7-2)22(28)19-10-9-17-16-8-11-20-24(4,15-13-21(27)25(20)5)18(16)12-14-23(17,19)3/h16-20H,6-15H2,1-5H3/t16?,17?,18?,19-,20-,23+,24-/m1/s1. The van der Waals surface area contributed by atoms with Crippen LogP contribution in [0.15, 0.2) is 0 Å². The first-order chi connectivity index (χ1) is 13.3. The molecule has 0 aromatic rings. The third-order valence-corrected chi connectivity index (χ3v) is 9.93. The summed E-state index contributed by atoms with van der Waals surface area (Å²) in [7, 11) is 2.03. The van der Waals surface area contributed by atoms with E-state index in [0.29, 0.717) is 23.8 Å². The van der Waals surface area contributed by atoms with Crippen molar-refractivity contribution in [2.24, 2.45) is 34.5 Å². The van der Waals surface area contributed by atoms with Gasteiger partial charge in [-0.25, -0.2) is 0 Å². The van der Waals surface area contributed by atoms with Gasteiger partial charge in [-0.05, 0) is 87.4 Å². The van der Waals surface area contributed by atoms with E-state index in [1.54, 1.807) is 0 Å². The number of fused-ring (bicyclic) bond motifs is 5. The highest BCUT2D eigenvalue weighted by Gasteiger charge is 2.62. The number of rotatable bonds is 3. The molecule has 7 atom stereocenters. The Balaban J connectivity index is 1.58. The lowest BCUT2D eigenvalue weighted by molar-refractivity contribution is -0.161. The van der Waals surface area contributed by atoms with Gasteiger partial charge in [-0.1, -0.05) is 13.8 Å².